The molecule has 0 radical (unpaired) electrons. The van der Waals surface area contributed by atoms with Crippen molar-refractivity contribution in [1.82, 2.24) is 4.98 Å². The third-order valence-electron chi connectivity index (χ3n) is 3.10. The van der Waals surface area contributed by atoms with E-state index < -0.39 is 5.41 Å². The fourth-order valence-corrected chi connectivity index (χ4v) is 1.77. The summed E-state index contributed by atoms with van der Waals surface area (Å²) in [7, 11) is 0. The van der Waals surface area contributed by atoms with Crippen molar-refractivity contribution in [3.8, 4) is 5.75 Å². The number of benzene rings is 1. The summed E-state index contributed by atoms with van der Waals surface area (Å²) < 4.78 is 10.5. The van der Waals surface area contributed by atoms with E-state index in [9.17, 15) is 9.90 Å². The number of oxazole rings is 1. The molecule has 5 nitrogen and oxygen atoms in total. The molecular weight excluding hydrogens is 258 g/mol. The number of phenolic OH excluding ortho intramolecular Hbond substituents is 1. The topological polar surface area (TPSA) is 72.6 Å². The second-order valence-corrected chi connectivity index (χ2v) is 5.11. The smallest absolute Gasteiger partial charge is 0.316 e. The number of aryl methyl sites for hydroxylation is 1. The van der Waals surface area contributed by atoms with Gasteiger partial charge in [-0.05, 0) is 38.5 Å². The van der Waals surface area contributed by atoms with Crippen molar-refractivity contribution in [2.45, 2.75) is 32.8 Å². The number of hydrogen-bond donors (Lipinski definition) is 1. The Labute approximate surface area is 117 Å². The van der Waals surface area contributed by atoms with Gasteiger partial charge in [-0.2, -0.15) is 0 Å². The number of nitrogens with zero attached hydrogens (tertiary/aromatic N) is 1. The third kappa shape index (κ3) is 2.99. The SMILES string of the molecule is Cc1cnc(COC(=O)C(C)(C)c2ccc(O)cc2)o1. The summed E-state index contributed by atoms with van der Waals surface area (Å²) in [6.45, 7) is 5.32. The number of phenols is 1. The Hall–Kier alpha value is -2.30. The molecule has 1 heterocycles. The number of ether oxygens (including phenoxy) is 1. The highest BCUT2D eigenvalue weighted by atomic mass is 16.5. The summed E-state index contributed by atoms with van der Waals surface area (Å²) in [6, 6.07) is 6.49. The molecule has 0 spiro atoms. The first-order valence-electron chi connectivity index (χ1n) is 6.27. The predicted octanol–water partition coefficient (Wildman–Crippen LogP) is 2.71. The van der Waals surface area contributed by atoms with E-state index in [0.717, 1.165) is 5.56 Å². The van der Waals surface area contributed by atoms with Gasteiger partial charge in [0.1, 0.15) is 11.5 Å². The molecule has 106 valence electrons. The van der Waals surface area contributed by atoms with E-state index in [1.807, 2.05) is 0 Å². The minimum atomic E-state index is -0.810. The lowest BCUT2D eigenvalue weighted by atomic mass is 9.85. The van der Waals surface area contributed by atoms with Crippen LogP contribution in [0.15, 0.2) is 34.9 Å². The van der Waals surface area contributed by atoms with Gasteiger partial charge in [0.05, 0.1) is 11.6 Å². The van der Waals surface area contributed by atoms with Crippen molar-refractivity contribution < 1.29 is 19.1 Å². The van der Waals surface area contributed by atoms with E-state index in [2.05, 4.69) is 4.98 Å². The highest BCUT2D eigenvalue weighted by Crippen LogP contribution is 2.26. The van der Waals surface area contributed by atoms with Crippen LogP contribution in [0.2, 0.25) is 0 Å². The molecule has 0 saturated carbocycles. The van der Waals surface area contributed by atoms with Crippen molar-refractivity contribution in [2.75, 3.05) is 0 Å². The molecule has 1 aromatic heterocycles. The van der Waals surface area contributed by atoms with Gasteiger partial charge < -0.3 is 14.3 Å². The van der Waals surface area contributed by atoms with Gasteiger partial charge in [-0.3, -0.25) is 4.79 Å². The average Bonchev–Trinajstić information content (AvgIpc) is 2.82. The Kier molecular flexibility index (Phi) is 3.79. The third-order valence-corrected chi connectivity index (χ3v) is 3.10. The Morgan fingerprint density at radius 3 is 2.55 bits per heavy atom. The molecule has 0 saturated heterocycles. The maximum atomic E-state index is 12.2. The monoisotopic (exact) mass is 275 g/mol. The van der Waals surface area contributed by atoms with Crippen LogP contribution in [0.4, 0.5) is 0 Å². The molecule has 5 heteroatoms. The zero-order chi connectivity index (χ0) is 14.8. The summed E-state index contributed by atoms with van der Waals surface area (Å²) in [5.41, 5.74) is -0.0427. The highest BCUT2D eigenvalue weighted by molar-refractivity contribution is 5.82. The first-order valence-corrected chi connectivity index (χ1v) is 6.27. The van der Waals surface area contributed by atoms with E-state index in [-0.39, 0.29) is 18.3 Å². The minimum absolute atomic E-state index is 0.00812. The van der Waals surface area contributed by atoms with E-state index in [4.69, 9.17) is 9.15 Å². The Morgan fingerprint density at radius 1 is 1.35 bits per heavy atom. The van der Waals surface area contributed by atoms with Gasteiger partial charge in [0, 0.05) is 0 Å². The van der Waals surface area contributed by atoms with Gasteiger partial charge in [0.15, 0.2) is 6.61 Å². The Balaban J connectivity index is 2.05. The lowest BCUT2D eigenvalue weighted by Crippen LogP contribution is -2.31. The van der Waals surface area contributed by atoms with Crippen LogP contribution in [0.1, 0.15) is 31.1 Å². The van der Waals surface area contributed by atoms with Crippen LogP contribution in [0.25, 0.3) is 0 Å². The van der Waals surface area contributed by atoms with Crippen molar-refractivity contribution in [2.24, 2.45) is 0 Å². The first kappa shape index (κ1) is 14.1. The lowest BCUT2D eigenvalue weighted by molar-refractivity contribution is -0.151. The zero-order valence-electron chi connectivity index (χ0n) is 11.7. The maximum Gasteiger partial charge on any atom is 0.316 e. The Morgan fingerprint density at radius 2 is 2.00 bits per heavy atom. The summed E-state index contributed by atoms with van der Waals surface area (Å²) in [6.07, 6.45) is 1.58. The molecule has 0 aliphatic carbocycles. The molecule has 0 atom stereocenters. The van der Waals surface area contributed by atoms with Crippen LogP contribution in [-0.4, -0.2) is 16.1 Å². The van der Waals surface area contributed by atoms with E-state index in [1.54, 1.807) is 51.2 Å². The van der Waals surface area contributed by atoms with Gasteiger partial charge >= 0.3 is 5.97 Å². The standard InChI is InChI=1S/C15H17NO4/c1-10-8-16-13(20-10)9-19-14(18)15(2,3)11-4-6-12(17)7-5-11/h4-8,17H,9H2,1-3H3. The van der Waals surface area contributed by atoms with E-state index in [0.29, 0.717) is 11.7 Å². The summed E-state index contributed by atoms with van der Waals surface area (Å²) in [4.78, 5) is 16.2. The minimum Gasteiger partial charge on any atom is -0.508 e. The Bertz CT molecular complexity index is 599. The lowest BCUT2D eigenvalue weighted by Gasteiger charge is -2.22. The van der Waals surface area contributed by atoms with Crippen LogP contribution in [-0.2, 0) is 21.6 Å². The van der Waals surface area contributed by atoms with Crippen molar-refractivity contribution >= 4 is 5.97 Å². The molecule has 2 rings (SSSR count). The van der Waals surface area contributed by atoms with Crippen LogP contribution in [0, 0.1) is 6.92 Å². The molecule has 0 aliphatic rings. The fourth-order valence-electron chi connectivity index (χ4n) is 1.77. The number of aromatic nitrogens is 1. The molecular formula is C15H17NO4. The number of hydrogen-bond acceptors (Lipinski definition) is 5. The van der Waals surface area contributed by atoms with Crippen molar-refractivity contribution in [1.29, 1.82) is 0 Å². The number of aromatic hydroxyl groups is 1. The second kappa shape index (κ2) is 5.36. The van der Waals surface area contributed by atoms with Crippen molar-refractivity contribution in [3.05, 3.63) is 47.7 Å². The molecule has 0 bridgehead atoms. The molecule has 1 aromatic carbocycles. The van der Waals surface area contributed by atoms with Gasteiger partial charge in [0.2, 0.25) is 5.89 Å². The quantitative estimate of drug-likeness (QED) is 0.868. The van der Waals surface area contributed by atoms with Crippen LogP contribution in [0.3, 0.4) is 0 Å². The van der Waals surface area contributed by atoms with Crippen LogP contribution in [0.5, 0.6) is 5.75 Å². The van der Waals surface area contributed by atoms with Gasteiger partial charge in [0.25, 0.3) is 0 Å². The largest absolute Gasteiger partial charge is 0.508 e. The molecule has 20 heavy (non-hydrogen) atoms. The average molecular weight is 275 g/mol. The number of carbonyl (C=O) groups is 1. The normalized spacial score (nSPS) is 11.3. The summed E-state index contributed by atoms with van der Waals surface area (Å²) in [5.74, 6) is 0.832. The van der Waals surface area contributed by atoms with E-state index >= 15 is 0 Å². The molecule has 0 aliphatic heterocycles. The van der Waals surface area contributed by atoms with Crippen molar-refractivity contribution in [3.63, 3.8) is 0 Å². The van der Waals surface area contributed by atoms with Gasteiger partial charge in [-0.15, -0.1) is 0 Å². The number of carbonyl (C=O) groups excluding carboxylic acids is 1. The second-order valence-electron chi connectivity index (χ2n) is 5.11. The molecule has 0 unspecified atom stereocenters. The van der Waals surface area contributed by atoms with E-state index in [1.165, 1.54) is 0 Å². The summed E-state index contributed by atoms with van der Waals surface area (Å²) in [5, 5.41) is 9.28. The number of rotatable bonds is 4. The zero-order valence-corrected chi connectivity index (χ0v) is 11.7. The molecule has 0 fully saturated rings. The molecule has 0 amide bonds. The maximum absolute atomic E-state index is 12.2. The summed E-state index contributed by atoms with van der Waals surface area (Å²) >= 11 is 0. The van der Waals surface area contributed by atoms with Gasteiger partial charge in [-0.25, -0.2) is 4.98 Å². The molecule has 2 aromatic rings. The van der Waals surface area contributed by atoms with Gasteiger partial charge in [-0.1, -0.05) is 12.1 Å². The van der Waals surface area contributed by atoms with Crippen LogP contribution < -0.4 is 0 Å². The number of esters is 1. The highest BCUT2D eigenvalue weighted by Gasteiger charge is 2.31. The fraction of sp³-hybridized carbons (Fsp3) is 0.333. The molecule has 1 N–H and O–H groups in total. The first-order chi connectivity index (χ1) is 9.39. The van der Waals surface area contributed by atoms with Crippen LogP contribution >= 0.6 is 0 Å². The predicted molar refractivity (Wildman–Crippen MR) is 72.2 cm³/mol.